The number of benzene rings is 2. The Morgan fingerprint density at radius 2 is 1.62 bits per heavy atom. The van der Waals surface area contributed by atoms with Crippen LogP contribution in [0.1, 0.15) is 11.1 Å². The quantitative estimate of drug-likeness (QED) is 0.723. The molecule has 2 rings (SSSR count). The summed E-state index contributed by atoms with van der Waals surface area (Å²) in [5, 5.41) is 1.84. The molecular formula is C14H14OP+. The van der Waals surface area contributed by atoms with Crippen LogP contribution < -0.4 is 10.6 Å². The normalized spacial score (nSPS) is 11.2. The van der Waals surface area contributed by atoms with Crippen LogP contribution in [0.2, 0.25) is 0 Å². The molecule has 0 amide bonds. The first-order chi connectivity index (χ1) is 7.68. The van der Waals surface area contributed by atoms with Gasteiger partial charge < -0.3 is 0 Å². The number of rotatable bonds is 2. The van der Waals surface area contributed by atoms with Crippen LogP contribution in [0.15, 0.2) is 48.5 Å². The standard InChI is InChI=1S/C14H14OP/c1-11-8-9-12(2)14(10-11)16(15)13-6-4-3-5-7-13/h3-10H,1-2H3/q+1. The molecule has 0 spiro atoms. The van der Waals surface area contributed by atoms with Gasteiger partial charge in [-0.1, -0.05) is 34.9 Å². The third-order valence-corrected chi connectivity index (χ3v) is 4.26. The van der Waals surface area contributed by atoms with E-state index in [9.17, 15) is 4.57 Å². The molecule has 1 atom stereocenters. The van der Waals surface area contributed by atoms with E-state index < -0.39 is 7.80 Å². The zero-order valence-corrected chi connectivity index (χ0v) is 10.4. The van der Waals surface area contributed by atoms with Crippen LogP contribution in [0.25, 0.3) is 0 Å². The molecule has 0 aliphatic heterocycles. The van der Waals surface area contributed by atoms with Gasteiger partial charge >= 0.3 is 7.80 Å². The highest BCUT2D eigenvalue weighted by Crippen LogP contribution is 2.21. The molecule has 0 N–H and O–H groups in total. The highest BCUT2D eigenvalue weighted by atomic mass is 31.1. The predicted molar refractivity (Wildman–Crippen MR) is 69.2 cm³/mol. The Morgan fingerprint density at radius 1 is 0.938 bits per heavy atom. The lowest BCUT2D eigenvalue weighted by atomic mass is 10.2. The highest BCUT2D eigenvalue weighted by Gasteiger charge is 2.25. The summed E-state index contributed by atoms with van der Waals surface area (Å²) < 4.78 is 12.4. The van der Waals surface area contributed by atoms with Crippen molar-refractivity contribution in [3.63, 3.8) is 0 Å². The van der Waals surface area contributed by atoms with Gasteiger partial charge in [-0.05, 0) is 37.6 Å². The van der Waals surface area contributed by atoms with Crippen molar-refractivity contribution in [2.24, 2.45) is 0 Å². The first kappa shape index (κ1) is 11.0. The molecule has 0 aliphatic rings. The second-order valence-corrected chi connectivity index (χ2v) is 5.51. The summed E-state index contributed by atoms with van der Waals surface area (Å²) in [6.07, 6.45) is 0. The van der Waals surface area contributed by atoms with E-state index in [2.05, 4.69) is 0 Å². The molecule has 2 heteroatoms. The minimum Gasteiger partial charge on any atom is -0.0619 e. The van der Waals surface area contributed by atoms with Crippen LogP contribution >= 0.6 is 7.80 Å². The van der Waals surface area contributed by atoms with Gasteiger partial charge in [0.05, 0.1) is 0 Å². The Bertz CT molecular complexity index is 518. The van der Waals surface area contributed by atoms with Crippen LogP contribution in [-0.4, -0.2) is 0 Å². The summed E-state index contributed by atoms with van der Waals surface area (Å²) in [7, 11) is -1.46. The zero-order valence-electron chi connectivity index (χ0n) is 9.47. The van der Waals surface area contributed by atoms with E-state index in [-0.39, 0.29) is 0 Å². The van der Waals surface area contributed by atoms with Gasteiger partial charge in [-0.15, -0.1) is 0 Å². The number of aryl methyl sites for hydroxylation is 2. The Morgan fingerprint density at radius 3 is 2.31 bits per heavy atom. The molecule has 2 aromatic rings. The van der Waals surface area contributed by atoms with Crippen molar-refractivity contribution in [2.45, 2.75) is 13.8 Å². The fourth-order valence-electron chi connectivity index (χ4n) is 1.64. The zero-order chi connectivity index (χ0) is 11.5. The smallest absolute Gasteiger partial charge is 0.0619 e. The summed E-state index contributed by atoms with van der Waals surface area (Å²) in [6, 6.07) is 15.7. The lowest BCUT2D eigenvalue weighted by Crippen LogP contribution is -2.09. The molecular weight excluding hydrogens is 215 g/mol. The Kier molecular flexibility index (Phi) is 3.17. The van der Waals surface area contributed by atoms with E-state index in [1.54, 1.807) is 0 Å². The summed E-state index contributed by atoms with van der Waals surface area (Å²) in [5.41, 5.74) is 2.25. The third-order valence-electron chi connectivity index (χ3n) is 2.57. The molecule has 0 aromatic heterocycles. The van der Waals surface area contributed by atoms with E-state index in [0.29, 0.717) is 0 Å². The molecule has 0 fully saturated rings. The fourth-order valence-corrected chi connectivity index (χ4v) is 3.08. The van der Waals surface area contributed by atoms with Gasteiger partial charge in [0, 0.05) is 5.56 Å². The van der Waals surface area contributed by atoms with E-state index in [0.717, 1.165) is 21.7 Å². The predicted octanol–water partition coefficient (Wildman–Crippen LogP) is 3.08. The SMILES string of the molecule is Cc1ccc(C)c([P+](=O)c2ccccc2)c1. The Labute approximate surface area is 96.9 Å². The number of hydrogen-bond donors (Lipinski definition) is 0. The fraction of sp³-hybridized carbons (Fsp3) is 0.143. The maximum atomic E-state index is 12.4. The largest absolute Gasteiger partial charge is 0.415 e. The lowest BCUT2D eigenvalue weighted by Gasteiger charge is -1.96. The van der Waals surface area contributed by atoms with Crippen molar-refractivity contribution in [1.82, 2.24) is 0 Å². The summed E-state index contributed by atoms with van der Waals surface area (Å²) in [6.45, 7) is 4.03. The van der Waals surface area contributed by atoms with Crippen LogP contribution in [-0.2, 0) is 4.57 Å². The van der Waals surface area contributed by atoms with Crippen LogP contribution in [0.5, 0.6) is 0 Å². The van der Waals surface area contributed by atoms with Gasteiger partial charge in [0.25, 0.3) is 0 Å². The van der Waals surface area contributed by atoms with Crippen molar-refractivity contribution < 1.29 is 4.57 Å². The van der Waals surface area contributed by atoms with Crippen LogP contribution in [0.4, 0.5) is 0 Å². The van der Waals surface area contributed by atoms with Gasteiger partial charge in [-0.3, -0.25) is 0 Å². The van der Waals surface area contributed by atoms with Crippen LogP contribution in [0, 0.1) is 13.8 Å². The molecule has 0 aliphatic carbocycles. The van der Waals surface area contributed by atoms with Crippen molar-refractivity contribution >= 4 is 18.4 Å². The molecule has 0 bridgehead atoms. The molecule has 2 aromatic carbocycles. The molecule has 1 nitrogen and oxygen atoms in total. The Hall–Kier alpha value is -1.46. The van der Waals surface area contributed by atoms with E-state index in [1.807, 2.05) is 62.4 Å². The second-order valence-electron chi connectivity index (χ2n) is 3.92. The molecule has 16 heavy (non-hydrogen) atoms. The first-order valence-electron chi connectivity index (χ1n) is 5.28. The second kappa shape index (κ2) is 4.59. The summed E-state index contributed by atoms with van der Waals surface area (Å²) >= 11 is 0. The van der Waals surface area contributed by atoms with E-state index in [4.69, 9.17) is 0 Å². The van der Waals surface area contributed by atoms with E-state index >= 15 is 0 Å². The van der Waals surface area contributed by atoms with E-state index in [1.165, 1.54) is 0 Å². The minimum atomic E-state index is -1.46. The van der Waals surface area contributed by atoms with Gasteiger partial charge in [0.1, 0.15) is 0 Å². The molecule has 0 heterocycles. The highest BCUT2D eigenvalue weighted by molar-refractivity contribution is 7.61. The van der Waals surface area contributed by atoms with Crippen molar-refractivity contribution in [3.05, 3.63) is 59.7 Å². The first-order valence-corrected chi connectivity index (χ1v) is 6.54. The van der Waals surface area contributed by atoms with Gasteiger partial charge in [-0.25, -0.2) is 0 Å². The summed E-state index contributed by atoms with van der Waals surface area (Å²) in [4.78, 5) is 0. The van der Waals surface area contributed by atoms with Crippen molar-refractivity contribution in [3.8, 4) is 0 Å². The average Bonchev–Trinajstić information content (AvgIpc) is 2.32. The maximum absolute atomic E-state index is 12.4. The Balaban J connectivity index is 2.46. The minimum absolute atomic E-state index is 0.895. The van der Waals surface area contributed by atoms with Gasteiger partial charge in [-0.2, -0.15) is 0 Å². The molecule has 1 unspecified atom stereocenters. The monoisotopic (exact) mass is 229 g/mol. The number of hydrogen-bond acceptors (Lipinski definition) is 1. The maximum Gasteiger partial charge on any atom is 0.415 e. The molecule has 0 saturated carbocycles. The van der Waals surface area contributed by atoms with Crippen molar-refractivity contribution in [1.29, 1.82) is 0 Å². The molecule has 0 saturated heterocycles. The van der Waals surface area contributed by atoms with Gasteiger partial charge in [0.2, 0.25) is 0 Å². The third kappa shape index (κ3) is 2.20. The van der Waals surface area contributed by atoms with Crippen molar-refractivity contribution in [2.75, 3.05) is 0 Å². The summed E-state index contributed by atoms with van der Waals surface area (Å²) in [5.74, 6) is 0. The topological polar surface area (TPSA) is 17.1 Å². The molecule has 80 valence electrons. The van der Waals surface area contributed by atoms with Gasteiger partial charge in [0.15, 0.2) is 10.6 Å². The average molecular weight is 229 g/mol. The van der Waals surface area contributed by atoms with Crippen LogP contribution in [0.3, 0.4) is 0 Å². The molecule has 0 radical (unpaired) electrons. The lowest BCUT2D eigenvalue weighted by molar-refractivity contribution is 0.598.